The van der Waals surface area contributed by atoms with Gasteiger partial charge in [0.05, 0.1) is 18.1 Å². The number of amides is 2. The van der Waals surface area contributed by atoms with E-state index in [1.54, 1.807) is 17.0 Å². The highest BCUT2D eigenvalue weighted by Gasteiger charge is 2.32. The molecule has 0 heterocycles. The zero-order valence-corrected chi connectivity index (χ0v) is 10.9. The highest BCUT2D eigenvalue weighted by molar-refractivity contribution is 5.93. The Morgan fingerprint density at radius 1 is 1.45 bits per heavy atom. The minimum Gasteiger partial charge on any atom is -0.478 e. The highest BCUT2D eigenvalue weighted by Crippen LogP contribution is 2.27. The van der Waals surface area contributed by atoms with Crippen molar-refractivity contribution in [2.45, 2.75) is 25.3 Å². The van der Waals surface area contributed by atoms with E-state index >= 15 is 0 Å². The van der Waals surface area contributed by atoms with Crippen LogP contribution in [0.15, 0.2) is 24.3 Å². The zero-order chi connectivity index (χ0) is 14.5. The number of nitrogens with zero attached hydrogens (tertiary/aromatic N) is 2. The number of nitriles is 1. The zero-order valence-electron chi connectivity index (χ0n) is 10.9. The van der Waals surface area contributed by atoms with Crippen molar-refractivity contribution in [1.29, 1.82) is 5.26 Å². The molecule has 2 N–H and O–H groups in total. The first-order valence-corrected chi connectivity index (χ1v) is 6.39. The number of aromatic carboxylic acids is 1. The largest absolute Gasteiger partial charge is 0.478 e. The summed E-state index contributed by atoms with van der Waals surface area (Å²) in [6.45, 7) is 0.394. The van der Waals surface area contributed by atoms with Gasteiger partial charge in [-0.15, -0.1) is 0 Å². The van der Waals surface area contributed by atoms with Crippen LogP contribution >= 0.6 is 0 Å². The number of carboxylic acids is 1. The number of carboxylic acid groups (broad SMARTS) is 1. The summed E-state index contributed by atoms with van der Waals surface area (Å²) in [5.74, 6) is -1.04. The predicted molar refractivity (Wildman–Crippen MR) is 72.4 cm³/mol. The van der Waals surface area contributed by atoms with E-state index in [2.05, 4.69) is 5.32 Å². The van der Waals surface area contributed by atoms with Gasteiger partial charge in [-0.3, -0.25) is 0 Å². The Balaban J connectivity index is 2.04. The van der Waals surface area contributed by atoms with Gasteiger partial charge < -0.3 is 15.3 Å². The highest BCUT2D eigenvalue weighted by atomic mass is 16.4. The summed E-state index contributed by atoms with van der Waals surface area (Å²) in [5.41, 5.74) is 0.565. The molecule has 0 aliphatic heterocycles. The summed E-state index contributed by atoms with van der Waals surface area (Å²) >= 11 is 0. The molecule has 2 rings (SSSR count). The third-order valence-electron chi connectivity index (χ3n) is 3.07. The topological polar surface area (TPSA) is 93.4 Å². The van der Waals surface area contributed by atoms with Crippen LogP contribution in [-0.4, -0.2) is 34.6 Å². The van der Waals surface area contributed by atoms with Crippen molar-refractivity contribution in [2.75, 3.05) is 11.9 Å². The molecule has 1 aromatic carbocycles. The van der Waals surface area contributed by atoms with E-state index in [1.165, 1.54) is 12.1 Å². The van der Waals surface area contributed by atoms with Crippen molar-refractivity contribution in [3.8, 4) is 6.07 Å². The predicted octanol–water partition coefficient (Wildman–Crippen LogP) is 2.29. The normalized spacial score (nSPS) is 13.3. The van der Waals surface area contributed by atoms with Crippen molar-refractivity contribution >= 4 is 17.7 Å². The summed E-state index contributed by atoms with van der Waals surface area (Å²) in [4.78, 5) is 24.6. The van der Waals surface area contributed by atoms with Crippen LogP contribution in [0, 0.1) is 11.3 Å². The number of hydrogen-bond acceptors (Lipinski definition) is 3. The Morgan fingerprint density at radius 2 is 2.20 bits per heavy atom. The molecule has 20 heavy (non-hydrogen) atoms. The summed E-state index contributed by atoms with van der Waals surface area (Å²) < 4.78 is 0. The molecule has 1 aliphatic carbocycles. The lowest BCUT2D eigenvalue weighted by Crippen LogP contribution is -2.37. The van der Waals surface area contributed by atoms with E-state index in [4.69, 9.17) is 10.4 Å². The maximum atomic E-state index is 12.1. The third kappa shape index (κ3) is 3.48. The number of nitrogens with one attached hydrogen (secondary N) is 1. The molecule has 6 heteroatoms. The molecule has 0 saturated heterocycles. The van der Waals surface area contributed by atoms with Gasteiger partial charge in [-0.1, -0.05) is 6.07 Å². The Kier molecular flexibility index (Phi) is 4.20. The van der Waals surface area contributed by atoms with Crippen LogP contribution in [0.1, 0.15) is 29.6 Å². The number of anilines is 1. The van der Waals surface area contributed by atoms with Crippen molar-refractivity contribution in [1.82, 2.24) is 4.90 Å². The SMILES string of the molecule is N#CCCN(C(=O)Nc1cccc(C(=O)O)c1)C1CC1. The van der Waals surface area contributed by atoms with Crippen molar-refractivity contribution in [2.24, 2.45) is 0 Å². The molecule has 0 atom stereocenters. The fourth-order valence-electron chi connectivity index (χ4n) is 1.93. The molecule has 1 fully saturated rings. The molecule has 0 spiro atoms. The lowest BCUT2D eigenvalue weighted by molar-refractivity contribution is 0.0697. The molecular formula is C14H15N3O3. The molecule has 0 aromatic heterocycles. The first-order chi connectivity index (χ1) is 9.61. The molecule has 104 valence electrons. The summed E-state index contributed by atoms with van der Waals surface area (Å²) in [6.07, 6.45) is 2.20. The summed E-state index contributed by atoms with van der Waals surface area (Å²) in [5, 5.41) is 20.2. The van der Waals surface area contributed by atoms with Crippen LogP contribution < -0.4 is 5.32 Å². The fraction of sp³-hybridized carbons (Fsp3) is 0.357. The smallest absolute Gasteiger partial charge is 0.335 e. The van der Waals surface area contributed by atoms with Crippen LogP contribution in [0.5, 0.6) is 0 Å². The lowest BCUT2D eigenvalue weighted by Gasteiger charge is -2.21. The molecule has 0 unspecified atom stereocenters. The second-order valence-electron chi connectivity index (χ2n) is 4.65. The van der Waals surface area contributed by atoms with Gasteiger partial charge >= 0.3 is 12.0 Å². The van der Waals surface area contributed by atoms with Gasteiger partial charge in [-0.25, -0.2) is 9.59 Å². The number of carbonyl (C=O) groups excluding carboxylic acids is 1. The first kappa shape index (κ1) is 13.9. The molecule has 1 aromatic rings. The van der Waals surface area contributed by atoms with Gasteiger partial charge in [0.2, 0.25) is 0 Å². The van der Waals surface area contributed by atoms with Gasteiger partial charge in [-0.05, 0) is 31.0 Å². The van der Waals surface area contributed by atoms with Crippen molar-refractivity contribution in [3.05, 3.63) is 29.8 Å². The average Bonchev–Trinajstić information content (AvgIpc) is 3.24. The number of rotatable bonds is 5. The Bertz CT molecular complexity index is 561. The Labute approximate surface area is 116 Å². The summed E-state index contributed by atoms with van der Waals surface area (Å²) in [6, 6.07) is 8.03. The van der Waals surface area contributed by atoms with Crippen LogP contribution in [-0.2, 0) is 0 Å². The minimum absolute atomic E-state index is 0.123. The van der Waals surface area contributed by atoms with Gasteiger partial charge in [0.25, 0.3) is 0 Å². The molecule has 0 radical (unpaired) electrons. The van der Waals surface area contributed by atoms with E-state index in [0.29, 0.717) is 18.7 Å². The van der Waals surface area contributed by atoms with Gasteiger partial charge in [-0.2, -0.15) is 5.26 Å². The standard InChI is InChI=1S/C14H15N3O3/c15-7-2-8-17(12-5-6-12)14(20)16-11-4-1-3-10(9-11)13(18)19/h1,3-4,9,12H,2,5-6,8H2,(H,16,20)(H,18,19). The Hall–Kier alpha value is -2.55. The number of carbonyl (C=O) groups is 2. The second kappa shape index (κ2) is 6.06. The van der Waals surface area contributed by atoms with Crippen LogP contribution in [0.4, 0.5) is 10.5 Å². The second-order valence-corrected chi connectivity index (χ2v) is 4.65. The molecule has 2 amide bonds. The quantitative estimate of drug-likeness (QED) is 0.860. The monoisotopic (exact) mass is 273 g/mol. The maximum absolute atomic E-state index is 12.1. The third-order valence-corrected chi connectivity index (χ3v) is 3.07. The average molecular weight is 273 g/mol. The van der Waals surface area contributed by atoms with E-state index < -0.39 is 5.97 Å². The van der Waals surface area contributed by atoms with Gasteiger partial charge in [0.1, 0.15) is 0 Å². The summed E-state index contributed by atoms with van der Waals surface area (Å²) in [7, 11) is 0. The molecule has 0 bridgehead atoms. The Morgan fingerprint density at radius 3 is 2.80 bits per heavy atom. The van der Waals surface area contributed by atoms with E-state index in [9.17, 15) is 9.59 Å². The number of benzene rings is 1. The first-order valence-electron chi connectivity index (χ1n) is 6.39. The van der Waals surface area contributed by atoms with Gasteiger partial charge in [0.15, 0.2) is 0 Å². The molecule has 6 nitrogen and oxygen atoms in total. The van der Waals surface area contributed by atoms with E-state index in [-0.39, 0.29) is 17.6 Å². The lowest BCUT2D eigenvalue weighted by atomic mass is 10.2. The van der Waals surface area contributed by atoms with Crippen molar-refractivity contribution in [3.63, 3.8) is 0 Å². The molecule has 1 aliphatic rings. The van der Waals surface area contributed by atoms with Crippen molar-refractivity contribution < 1.29 is 14.7 Å². The van der Waals surface area contributed by atoms with Crippen LogP contribution in [0.3, 0.4) is 0 Å². The number of hydrogen-bond donors (Lipinski definition) is 2. The maximum Gasteiger partial charge on any atom is 0.335 e. The molecule has 1 saturated carbocycles. The van der Waals surface area contributed by atoms with Crippen LogP contribution in [0.2, 0.25) is 0 Å². The van der Waals surface area contributed by atoms with E-state index in [1.807, 2.05) is 6.07 Å². The van der Waals surface area contributed by atoms with E-state index in [0.717, 1.165) is 12.8 Å². The fourth-order valence-corrected chi connectivity index (χ4v) is 1.93. The van der Waals surface area contributed by atoms with Gasteiger partial charge in [0, 0.05) is 18.3 Å². The number of urea groups is 1. The van der Waals surface area contributed by atoms with Crippen LogP contribution in [0.25, 0.3) is 0 Å². The minimum atomic E-state index is -1.04. The molecular weight excluding hydrogens is 258 g/mol.